The molecule has 1 N–H and O–H groups in total. The van der Waals surface area contributed by atoms with Gasteiger partial charge in [-0.15, -0.1) is 0 Å². The van der Waals surface area contributed by atoms with Crippen LogP contribution < -0.4 is 4.90 Å². The molecule has 1 heterocycles. The van der Waals surface area contributed by atoms with Crippen molar-refractivity contribution >= 4 is 29.0 Å². The number of anilines is 1. The van der Waals surface area contributed by atoms with Gasteiger partial charge in [0.1, 0.15) is 0 Å². The zero-order valence-corrected chi connectivity index (χ0v) is 19.2. The summed E-state index contributed by atoms with van der Waals surface area (Å²) < 4.78 is 0. The number of para-hydroxylation sites is 1. The van der Waals surface area contributed by atoms with Crippen LogP contribution in [0.1, 0.15) is 54.2 Å². The molecule has 0 aliphatic carbocycles. The largest absolute Gasteiger partial charge is 0.375 e. The summed E-state index contributed by atoms with van der Waals surface area (Å²) >= 11 is 6.30. The average molecular weight is 448 g/mol. The third-order valence-corrected chi connectivity index (χ3v) is 6.38. The van der Waals surface area contributed by atoms with Crippen molar-refractivity contribution in [3.63, 3.8) is 0 Å². The van der Waals surface area contributed by atoms with Gasteiger partial charge in [-0.2, -0.15) is 0 Å². The van der Waals surface area contributed by atoms with Gasteiger partial charge >= 0.3 is 0 Å². The maximum atomic E-state index is 13.4. The smallest absolute Gasteiger partial charge is 0.264 e. The monoisotopic (exact) mass is 447 g/mol. The number of amides is 1. The van der Waals surface area contributed by atoms with Crippen LogP contribution in [0.25, 0.3) is 0 Å². The van der Waals surface area contributed by atoms with Crippen LogP contribution in [0.4, 0.5) is 5.69 Å². The third kappa shape index (κ3) is 3.96. The van der Waals surface area contributed by atoms with Gasteiger partial charge in [-0.05, 0) is 28.7 Å². The van der Waals surface area contributed by atoms with E-state index >= 15 is 0 Å². The minimum Gasteiger partial charge on any atom is -0.375 e. The van der Waals surface area contributed by atoms with E-state index in [1.807, 2.05) is 36.4 Å². The normalized spacial score (nSPS) is 18.0. The standard InChI is InChI=1S/C27H26ClNO3/c1-26(2,3)20-14-12-18(13-15-20)24(30)16-27(32)21-9-5-7-11-23(21)29(25(27)31)17-19-8-4-6-10-22(19)28/h4-15,32H,16-17H2,1-3H3/t27-/m0/s1. The first kappa shape index (κ1) is 22.3. The molecule has 0 bridgehead atoms. The molecule has 1 atom stereocenters. The molecule has 1 aliphatic rings. The van der Waals surface area contributed by atoms with E-state index in [4.69, 9.17) is 11.6 Å². The minimum absolute atomic E-state index is 0.0284. The topological polar surface area (TPSA) is 57.6 Å². The molecule has 3 aromatic carbocycles. The molecule has 4 nitrogen and oxygen atoms in total. The quantitative estimate of drug-likeness (QED) is 0.514. The molecule has 3 aromatic rings. The Hall–Kier alpha value is -2.95. The molecule has 0 fully saturated rings. The van der Waals surface area contributed by atoms with Gasteiger partial charge in [0.05, 0.1) is 18.7 Å². The Morgan fingerprint density at radius 1 is 0.969 bits per heavy atom. The van der Waals surface area contributed by atoms with Crippen molar-refractivity contribution in [3.05, 3.63) is 100 Å². The Balaban J connectivity index is 1.64. The van der Waals surface area contributed by atoms with Crippen molar-refractivity contribution < 1.29 is 14.7 Å². The van der Waals surface area contributed by atoms with Crippen molar-refractivity contribution in [2.24, 2.45) is 0 Å². The number of fused-ring (bicyclic) bond motifs is 1. The lowest BCUT2D eigenvalue weighted by molar-refractivity contribution is -0.136. The number of carbonyl (C=O) groups excluding carboxylic acids is 2. The van der Waals surface area contributed by atoms with Gasteiger partial charge in [0.15, 0.2) is 11.4 Å². The fourth-order valence-electron chi connectivity index (χ4n) is 4.12. The highest BCUT2D eigenvalue weighted by Gasteiger charge is 2.50. The van der Waals surface area contributed by atoms with Gasteiger partial charge in [-0.1, -0.05) is 93.0 Å². The zero-order chi connectivity index (χ0) is 23.1. The summed E-state index contributed by atoms with van der Waals surface area (Å²) in [6.07, 6.45) is -0.323. The van der Waals surface area contributed by atoms with Crippen LogP contribution in [0.15, 0.2) is 72.8 Å². The fourth-order valence-corrected chi connectivity index (χ4v) is 4.32. The number of hydrogen-bond acceptors (Lipinski definition) is 3. The first-order chi connectivity index (χ1) is 15.1. The number of rotatable bonds is 5. The van der Waals surface area contributed by atoms with Crippen molar-refractivity contribution in [3.8, 4) is 0 Å². The van der Waals surface area contributed by atoms with Crippen LogP contribution in [0.5, 0.6) is 0 Å². The predicted octanol–water partition coefficient (Wildman–Crippen LogP) is 5.64. The molecular weight excluding hydrogens is 422 g/mol. The number of halogens is 1. The lowest BCUT2D eigenvalue weighted by Gasteiger charge is -2.23. The average Bonchev–Trinajstić information content (AvgIpc) is 2.97. The van der Waals surface area contributed by atoms with E-state index in [1.54, 1.807) is 36.4 Å². The van der Waals surface area contributed by atoms with Crippen LogP contribution in [-0.4, -0.2) is 16.8 Å². The number of aliphatic hydroxyl groups is 1. The summed E-state index contributed by atoms with van der Waals surface area (Å²) in [5.41, 5.74) is 1.44. The van der Waals surface area contributed by atoms with Crippen molar-refractivity contribution in [2.45, 2.75) is 44.8 Å². The number of Topliss-reactive ketones (excluding diaryl/α,β-unsaturated/α-hetero) is 1. The van der Waals surface area contributed by atoms with Gasteiger partial charge in [-0.25, -0.2) is 0 Å². The minimum atomic E-state index is -1.92. The summed E-state index contributed by atoms with van der Waals surface area (Å²) in [4.78, 5) is 28.0. The predicted molar refractivity (Wildman–Crippen MR) is 127 cm³/mol. The van der Waals surface area contributed by atoms with Gasteiger partial charge in [0, 0.05) is 16.1 Å². The van der Waals surface area contributed by atoms with Crippen LogP contribution in [0, 0.1) is 0 Å². The highest BCUT2D eigenvalue weighted by Crippen LogP contribution is 2.44. The Morgan fingerprint density at radius 3 is 2.25 bits per heavy atom. The third-order valence-electron chi connectivity index (χ3n) is 6.01. The van der Waals surface area contributed by atoms with E-state index in [0.29, 0.717) is 21.8 Å². The summed E-state index contributed by atoms with van der Waals surface area (Å²) in [6.45, 7) is 6.53. The number of nitrogens with zero attached hydrogens (tertiary/aromatic N) is 1. The number of ketones is 1. The highest BCUT2D eigenvalue weighted by atomic mass is 35.5. The molecule has 32 heavy (non-hydrogen) atoms. The van der Waals surface area contributed by atoms with Crippen LogP contribution in [-0.2, 0) is 22.4 Å². The van der Waals surface area contributed by atoms with E-state index in [1.165, 1.54) is 4.90 Å². The first-order valence-corrected chi connectivity index (χ1v) is 11.0. The fraction of sp³-hybridized carbons (Fsp3) is 0.259. The second-order valence-corrected chi connectivity index (χ2v) is 9.69. The Kier molecular flexibility index (Phi) is 5.70. The van der Waals surface area contributed by atoms with E-state index < -0.39 is 11.5 Å². The van der Waals surface area contributed by atoms with Gasteiger partial charge < -0.3 is 10.0 Å². The van der Waals surface area contributed by atoms with Crippen LogP contribution in [0.2, 0.25) is 5.02 Å². The van der Waals surface area contributed by atoms with Crippen molar-refractivity contribution in [1.29, 1.82) is 0 Å². The second kappa shape index (κ2) is 8.19. The van der Waals surface area contributed by atoms with Gasteiger partial charge in [0.25, 0.3) is 5.91 Å². The zero-order valence-electron chi connectivity index (χ0n) is 18.4. The molecule has 0 spiro atoms. The second-order valence-electron chi connectivity index (χ2n) is 9.29. The molecule has 5 heteroatoms. The maximum absolute atomic E-state index is 13.4. The van der Waals surface area contributed by atoms with Crippen molar-refractivity contribution in [2.75, 3.05) is 4.90 Å². The molecule has 4 rings (SSSR count). The molecule has 1 amide bonds. The SMILES string of the molecule is CC(C)(C)c1ccc(C(=O)C[C@@]2(O)C(=O)N(Cc3ccccc3Cl)c3ccccc32)cc1. The summed E-state index contributed by atoms with van der Waals surface area (Å²) in [7, 11) is 0. The highest BCUT2D eigenvalue weighted by molar-refractivity contribution is 6.31. The Labute approximate surface area is 193 Å². The Bertz CT molecular complexity index is 1180. The molecule has 0 aromatic heterocycles. The number of carbonyl (C=O) groups is 2. The Morgan fingerprint density at radius 2 is 1.59 bits per heavy atom. The molecule has 0 saturated heterocycles. The molecule has 1 aliphatic heterocycles. The maximum Gasteiger partial charge on any atom is 0.264 e. The number of hydrogen-bond donors (Lipinski definition) is 1. The first-order valence-electron chi connectivity index (χ1n) is 10.6. The van der Waals surface area contributed by atoms with Crippen molar-refractivity contribution in [1.82, 2.24) is 0 Å². The van der Waals surface area contributed by atoms with E-state index in [0.717, 1.165) is 11.1 Å². The molecule has 164 valence electrons. The number of benzene rings is 3. The van der Waals surface area contributed by atoms with E-state index in [2.05, 4.69) is 20.8 Å². The molecule has 0 saturated carbocycles. The molecule has 0 unspecified atom stereocenters. The van der Waals surface area contributed by atoms with Gasteiger partial charge in [0.2, 0.25) is 0 Å². The van der Waals surface area contributed by atoms with E-state index in [-0.39, 0.29) is 24.2 Å². The summed E-state index contributed by atoms with van der Waals surface area (Å²) in [5.74, 6) is -0.797. The molecular formula is C27H26ClNO3. The van der Waals surface area contributed by atoms with E-state index in [9.17, 15) is 14.7 Å². The van der Waals surface area contributed by atoms with Crippen LogP contribution >= 0.6 is 11.6 Å². The summed E-state index contributed by atoms with van der Waals surface area (Å²) in [5, 5.41) is 12.0. The lowest BCUT2D eigenvalue weighted by atomic mass is 9.85. The molecule has 0 radical (unpaired) electrons. The summed E-state index contributed by atoms with van der Waals surface area (Å²) in [6, 6.07) is 21.7. The van der Waals surface area contributed by atoms with Gasteiger partial charge in [-0.3, -0.25) is 9.59 Å². The van der Waals surface area contributed by atoms with Crippen LogP contribution in [0.3, 0.4) is 0 Å². The lowest BCUT2D eigenvalue weighted by Crippen LogP contribution is -2.41.